The van der Waals surface area contributed by atoms with Crippen molar-refractivity contribution in [3.8, 4) is 0 Å². The first kappa shape index (κ1) is 54.6. The number of rotatable bonds is 21. The number of nitrogens with one attached hydrogen (secondary N) is 4. The Morgan fingerprint density at radius 3 is 1.36 bits per heavy atom. The molecule has 0 spiro atoms. The summed E-state index contributed by atoms with van der Waals surface area (Å²) < 4.78 is 12.7. The molecule has 19 nitrogen and oxygen atoms in total. The van der Waals surface area contributed by atoms with Crippen LogP contribution in [0.2, 0.25) is 0 Å². The Morgan fingerprint density at radius 1 is 0.644 bits per heavy atom. The first-order valence-electron chi connectivity index (χ1n) is 11.5. The number of hydrogen-bond acceptors (Lipinski definition) is 16. The fourth-order valence-electron chi connectivity index (χ4n) is 2.60. The fourth-order valence-corrected chi connectivity index (χ4v) is 5.29. The number of amides is 4. The fraction of sp³-hybridized carbons (Fsp3) is 0.600. The van der Waals surface area contributed by atoms with Crippen LogP contribution in [0, 0.1) is 0 Å². The van der Waals surface area contributed by atoms with E-state index in [9.17, 15) is 63.0 Å². The number of carboxylic acid groups (broad SMARTS) is 4. The zero-order valence-corrected chi connectivity index (χ0v) is 34.9. The minimum absolute atomic E-state index is 0. The summed E-state index contributed by atoms with van der Waals surface area (Å²) in [5, 5.41) is 50.9. The van der Waals surface area contributed by atoms with Gasteiger partial charge in [0.2, 0.25) is 23.6 Å². The molecule has 0 radical (unpaired) electrons. The van der Waals surface area contributed by atoms with Crippen molar-refractivity contribution in [1.82, 2.24) is 21.3 Å². The second kappa shape index (κ2) is 30.3. The summed E-state index contributed by atoms with van der Waals surface area (Å²) >= 11 is 0. The molecule has 0 aromatic heterocycles. The molecule has 0 fully saturated rings. The van der Waals surface area contributed by atoms with Gasteiger partial charge in [-0.25, -0.2) is 4.21 Å². The van der Waals surface area contributed by atoms with Crippen molar-refractivity contribution in [2.75, 3.05) is 24.6 Å². The predicted molar refractivity (Wildman–Crippen MR) is 130 cm³/mol. The molecule has 0 bridgehead atoms. The normalized spacial score (nSPS) is 13.0. The average molecular weight is 717 g/mol. The van der Waals surface area contributed by atoms with Crippen molar-refractivity contribution >= 4 is 68.1 Å². The topological polar surface area (TPSA) is 346 Å². The van der Waals surface area contributed by atoms with E-state index in [-0.39, 0.29) is 131 Å². The molecule has 4 amide bonds. The van der Waals surface area contributed by atoms with Gasteiger partial charge in [-0.05, 0) is 12.8 Å². The molecular weight excluding hydrogens is 688 g/mol. The van der Waals surface area contributed by atoms with Crippen molar-refractivity contribution in [1.29, 1.82) is 0 Å². The Balaban J connectivity index is -0.00000133. The molecule has 1 unspecified atom stereocenters. The van der Waals surface area contributed by atoms with Gasteiger partial charge in [0.05, 0.1) is 52.6 Å². The minimum atomic E-state index is -2.12. The van der Waals surface area contributed by atoms with Gasteiger partial charge in [-0.15, -0.1) is 0 Å². The molecule has 0 heterocycles. The number of aliphatic carboxylic acids is 4. The summed E-state index contributed by atoms with van der Waals surface area (Å²) in [5.74, 6) is -11.7. The van der Waals surface area contributed by atoms with Gasteiger partial charge >= 0.3 is 118 Å². The zero-order valence-electron chi connectivity index (χ0n) is 25.2. The Morgan fingerprint density at radius 2 is 1.00 bits per heavy atom. The Labute approximate surface area is 352 Å². The van der Waals surface area contributed by atoms with Crippen molar-refractivity contribution in [2.45, 2.75) is 49.9 Å². The van der Waals surface area contributed by atoms with E-state index in [0.29, 0.717) is 10.8 Å². The number of carboxylic acids is 4. The molecule has 0 saturated carbocycles. The second-order valence-electron chi connectivity index (χ2n) is 8.10. The number of carbonyl (C=O) groups excluding carboxylic acids is 8. The van der Waals surface area contributed by atoms with Crippen LogP contribution < -0.4 is 171 Å². The van der Waals surface area contributed by atoms with Gasteiger partial charge in [0.15, 0.2) is 0 Å². The van der Waals surface area contributed by atoms with Crippen molar-refractivity contribution < 1.29 is 181 Å². The molecule has 45 heavy (non-hydrogen) atoms. The molecule has 8 N–H and O–H groups in total. The van der Waals surface area contributed by atoms with Crippen LogP contribution in [-0.4, -0.2) is 100 Å². The molecule has 232 valence electrons. The number of hydrogen-bond donors (Lipinski definition) is 6. The number of carbonyl (C=O) groups is 8. The second-order valence-corrected chi connectivity index (χ2v) is 11.4. The third kappa shape index (κ3) is 27.8. The SMILES string of the molecule is N[C@@H](CCC(=O)N[C@@H](CSS(=O)C[C@H](NC(=O)CC[C@H](N)C(=O)[O-])C(=O)NCC(=O)[O-])C(=O)NCC(=O)[O-])C(=O)[O-].[Na+].[Na+].[Na+].[Na+]. The van der Waals surface area contributed by atoms with Crippen molar-refractivity contribution in [2.24, 2.45) is 11.5 Å². The first-order chi connectivity index (χ1) is 19.0. The standard InChI is InChI=1S/C20H32N6O13S2.4Na/c21-9(19(35)36)1-3-13(27)25-11(17(33)23-5-15(29)30)7-40-41(39)8-12(18(34)24-6-16(31)32)26-14(28)4-2-10(22)20(37)38;;;;/h9-12H,1-8,21-22H2,(H,23,33)(H,24,34)(H,25,27)(H,26,28)(H,29,30)(H,31,32)(H,35,36)(H,37,38);;;;/q;4*+1/p-4/t9-,10-,11-,12-,41?;;;;/m0..../s1. The monoisotopic (exact) mass is 716 g/mol. The summed E-state index contributed by atoms with van der Waals surface area (Å²) in [4.78, 5) is 91.7. The molecule has 0 saturated heterocycles. The van der Waals surface area contributed by atoms with Crippen LogP contribution in [0.25, 0.3) is 0 Å². The van der Waals surface area contributed by atoms with E-state index in [4.69, 9.17) is 11.5 Å². The molecule has 0 aromatic carbocycles. The van der Waals surface area contributed by atoms with Crippen LogP contribution in [0.15, 0.2) is 0 Å². The van der Waals surface area contributed by atoms with Gasteiger partial charge in [-0.3, -0.25) is 19.2 Å². The summed E-state index contributed by atoms with van der Waals surface area (Å²) in [6.07, 6.45) is -1.71. The third-order valence-electron chi connectivity index (χ3n) is 4.76. The first-order valence-corrected chi connectivity index (χ1v) is 14.3. The van der Waals surface area contributed by atoms with Crippen molar-refractivity contribution in [3.05, 3.63) is 0 Å². The van der Waals surface area contributed by atoms with E-state index in [0.717, 1.165) is 0 Å². The molecule has 25 heteroatoms. The van der Waals surface area contributed by atoms with E-state index < -0.39 is 119 Å². The van der Waals surface area contributed by atoms with Gasteiger partial charge in [0, 0.05) is 30.7 Å². The van der Waals surface area contributed by atoms with Crippen LogP contribution in [0.4, 0.5) is 0 Å². The van der Waals surface area contributed by atoms with Crippen LogP contribution in [-0.2, 0) is 48.2 Å². The van der Waals surface area contributed by atoms with E-state index in [1.807, 2.05) is 10.6 Å². The Kier molecular flexibility index (Phi) is 36.7. The summed E-state index contributed by atoms with van der Waals surface area (Å²) in [6, 6.07) is -6.11. The minimum Gasteiger partial charge on any atom is -0.548 e. The van der Waals surface area contributed by atoms with Crippen molar-refractivity contribution in [3.63, 3.8) is 0 Å². The summed E-state index contributed by atoms with van der Waals surface area (Å²) in [7, 11) is -1.64. The van der Waals surface area contributed by atoms with Gasteiger partial charge in [-0.1, -0.05) is 10.8 Å². The molecule has 0 aromatic rings. The van der Waals surface area contributed by atoms with Gasteiger partial charge in [-0.2, -0.15) is 0 Å². The van der Waals surface area contributed by atoms with Crippen LogP contribution in [0.5, 0.6) is 0 Å². The third-order valence-corrected chi connectivity index (χ3v) is 7.70. The van der Waals surface area contributed by atoms with Crippen LogP contribution >= 0.6 is 10.8 Å². The Hall–Kier alpha value is 0.180. The smallest absolute Gasteiger partial charge is 0.548 e. The van der Waals surface area contributed by atoms with E-state index in [2.05, 4.69) is 10.6 Å². The molecular formula is C20H28N6Na4O13S2. The molecule has 0 aliphatic heterocycles. The quantitative estimate of drug-likeness (QED) is 0.0474. The molecule has 0 aliphatic rings. The maximum absolute atomic E-state index is 12.7. The molecule has 0 aliphatic carbocycles. The van der Waals surface area contributed by atoms with Gasteiger partial charge in [0.25, 0.3) is 0 Å². The van der Waals surface area contributed by atoms with E-state index >= 15 is 0 Å². The molecule has 0 rings (SSSR count). The Bertz CT molecular complexity index is 1050. The molecule has 5 atom stereocenters. The largest absolute Gasteiger partial charge is 1.00 e. The van der Waals surface area contributed by atoms with Crippen LogP contribution in [0.1, 0.15) is 25.7 Å². The van der Waals surface area contributed by atoms with E-state index in [1.165, 1.54) is 0 Å². The maximum atomic E-state index is 12.7. The number of nitrogens with two attached hydrogens (primary N) is 2. The summed E-state index contributed by atoms with van der Waals surface area (Å²) in [6.45, 7) is -1.91. The van der Waals surface area contributed by atoms with Crippen LogP contribution in [0.3, 0.4) is 0 Å². The zero-order chi connectivity index (χ0) is 31.7. The average Bonchev–Trinajstić information content (AvgIpc) is 2.88. The predicted octanol–water partition coefficient (Wildman–Crippen LogP) is -22.2. The van der Waals surface area contributed by atoms with Gasteiger partial charge < -0.3 is 72.3 Å². The maximum Gasteiger partial charge on any atom is 1.00 e. The summed E-state index contributed by atoms with van der Waals surface area (Å²) in [5.41, 5.74) is 10.5. The van der Waals surface area contributed by atoms with E-state index in [1.54, 1.807) is 0 Å². The van der Waals surface area contributed by atoms with Gasteiger partial charge in [0.1, 0.15) is 12.1 Å².